The number of aromatic nitrogens is 1. The van der Waals surface area contributed by atoms with Crippen molar-refractivity contribution in [1.29, 1.82) is 0 Å². The lowest BCUT2D eigenvalue weighted by molar-refractivity contribution is 0.0781. The maximum atomic E-state index is 12.3. The van der Waals surface area contributed by atoms with Crippen LogP contribution in [0.4, 0.5) is 0 Å². The van der Waals surface area contributed by atoms with Crippen LogP contribution in [0.2, 0.25) is 5.15 Å². The number of carbonyl (C=O) groups excluding carboxylic acids is 1. The minimum atomic E-state index is 0.0375. The average Bonchev–Trinajstić information content (AvgIpc) is 2.70. The largest absolute Gasteiger partial charge is 0.337 e. The van der Waals surface area contributed by atoms with Gasteiger partial charge in [0.1, 0.15) is 5.15 Å². The maximum absolute atomic E-state index is 12.3. The van der Waals surface area contributed by atoms with Gasteiger partial charge in [-0.15, -0.1) is 0 Å². The van der Waals surface area contributed by atoms with Crippen LogP contribution in [0.15, 0.2) is 18.3 Å². The zero-order valence-electron chi connectivity index (χ0n) is 10.9. The van der Waals surface area contributed by atoms with Gasteiger partial charge in [-0.05, 0) is 32.1 Å². The van der Waals surface area contributed by atoms with Gasteiger partial charge in [0.25, 0.3) is 5.91 Å². The molecule has 1 saturated heterocycles. The molecule has 2 atom stereocenters. The van der Waals surface area contributed by atoms with E-state index in [1.54, 1.807) is 18.3 Å². The van der Waals surface area contributed by atoms with Gasteiger partial charge in [-0.2, -0.15) is 0 Å². The summed E-state index contributed by atoms with van der Waals surface area (Å²) < 4.78 is 0. The van der Waals surface area contributed by atoms with Crippen LogP contribution in [-0.2, 0) is 0 Å². The highest BCUT2D eigenvalue weighted by molar-refractivity contribution is 6.29. The minimum absolute atomic E-state index is 0.0375. The SMILES string of the molecule is CC1CN(C(=O)c2ccnc(Cl)c2)CC1N(C)C. The Balaban J connectivity index is 2.12. The van der Waals surface area contributed by atoms with Crippen molar-refractivity contribution in [2.24, 2.45) is 5.92 Å². The number of pyridine rings is 1. The third-order valence-electron chi connectivity index (χ3n) is 3.50. The van der Waals surface area contributed by atoms with Crippen LogP contribution in [-0.4, -0.2) is 53.9 Å². The Morgan fingerprint density at radius 1 is 1.50 bits per heavy atom. The average molecular weight is 268 g/mol. The smallest absolute Gasteiger partial charge is 0.254 e. The molecule has 0 aliphatic carbocycles. The molecule has 1 fully saturated rings. The van der Waals surface area contributed by atoms with Gasteiger partial charge < -0.3 is 9.80 Å². The maximum Gasteiger partial charge on any atom is 0.254 e. The van der Waals surface area contributed by atoms with E-state index in [1.165, 1.54) is 0 Å². The fourth-order valence-corrected chi connectivity index (χ4v) is 2.68. The Kier molecular flexibility index (Phi) is 3.88. The molecule has 2 rings (SSSR count). The standard InChI is InChI=1S/C13H18ClN3O/c1-9-7-17(8-11(9)16(2)3)13(18)10-4-5-15-12(14)6-10/h4-6,9,11H,7-8H2,1-3H3. The summed E-state index contributed by atoms with van der Waals surface area (Å²) in [4.78, 5) is 20.3. The summed E-state index contributed by atoms with van der Waals surface area (Å²) in [5.41, 5.74) is 0.613. The third kappa shape index (κ3) is 2.65. The van der Waals surface area contributed by atoms with Crippen LogP contribution in [0.25, 0.3) is 0 Å². The summed E-state index contributed by atoms with van der Waals surface area (Å²) in [6.45, 7) is 3.74. The third-order valence-corrected chi connectivity index (χ3v) is 3.70. The molecule has 0 bridgehead atoms. The van der Waals surface area contributed by atoms with Crippen molar-refractivity contribution >= 4 is 17.5 Å². The molecular weight excluding hydrogens is 250 g/mol. The van der Waals surface area contributed by atoms with Crippen LogP contribution in [0.1, 0.15) is 17.3 Å². The predicted octanol–water partition coefficient (Wildman–Crippen LogP) is 1.76. The Labute approximate surface area is 113 Å². The van der Waals surface area contributed by atoms with Crippen molar-refractivity contribution in [2.75, 3.05) is 27.2 Å². The van der Waals surface area contributed by atoms with E-state index in [9.17, 15) is 4.79 Å². The monoisotopic (exact) mass is 267 g/mol. The molecule has 2 heterocycles. The summed E-state index contributed by atoms with van der Waals surface area (Å²) in [7, 11) is 4.11. The zero-order chi connectivity index (χ0) is 13.3. The molecule has 1 aliphatic rings. The number of carbonyl (C=O) groups is 1. The molecule has 4 nitrogen and oxygen atoms in total. The highest BCUT2D eigenvalue weighted by atomic mass is 35.5. The van der Waals surface area contributed by atoms with E-state index in [4.69, 9.17) is 11.6 Å². The normalized spacial score (nSPS) is 23.7. The quantitative estimate of drug-likeness (QED) is 0.766. The lowest BCUT2D eigenvalue weighted by Gasteiger charge is -2.22. The summed E-state index contributed by atoms with van der Waals surface area (Å²) in [5.74, 6) is 0.525. The van der Waals surface area contributed by atoms with Gasteiger partial charge in [-0.1, -0.05) is 18.5 Å². The Morgan fingerprint density at radius 2 is 2.22 bits per heavy atom. The molecule has 1 aliphatic heterocycles. The first-order valence-corrected chi connectivity index (χ1v) is 6.44. The Bertz CT molecular complexity index is 450. The first kappa shape index (κ1) is 13.3. The van der Waals surface area contributed by atoms with Crippen LogP contribution >= 0.6 is 11.6 Å². The number of hydrogen-bond acceptors (Lipinski definition) is 3. The molecule has 1 aromatic heterocycles. The van der Waals surface area contributed by atoms with E-state index in [0.29, 0.717) is 22.7 Å². The topological polar surface area (TPSA) is 36.4 Å². The summed E-state index contributed by atoms with van der Waals surface area (Å²) in [5, 5.41) is 0.359. The van der Waals surface area contributed by atoms with Crippen LogP contribution < -0.4 is 0 Å². The predicted molar refractivity (Wildman–Crippen MR) is 71.8 cm³/mol. The fraction of sp³-hybridized carbons (Fsp3) is 0.538. The van der Waals surface area contributed by atoms with Gasteiger partial charge in [-0.25, -0.2) is 4.98 Å². The Hall–Kier alpha value is -1.13. The number of halogens is 1. The second-order valence-electron chi connectivity index (χ2n) is 5.09. The molecule has 1 amide bonds. The minimum Gasteiger partial charge on any atom is -0.337 e. The van der Waals surface area contributed by atoms with Crippen molar-refractivity contribution < 1.29 is 4.79 Å². The van der Waals surface area contributed by atoms with Crippen molar-refractivity contribution in [2.45, 2.75) is 13.0 Å². The van der Waals surface area contributed by atoms with Gasteiger partial charge in [0, 0.05) is 30.9 Å². The molecule has 1 aromatic rings. The lowest BCUT2D eigenvalue weighted by Crippen LogP contribution is -2.35. The molecule has 2 unspecified atom stereocenters. The molecule has 0 spiro atoms. The molecule has 0 N–H and O–H groups in total. The fourth-order valence-electron chi connectivity index (χ4n) is 2.51. The van der Waals surface area contributed by atoms with Crippen molar-refractivity contribution in [3.05, 3.63) is 29.0 Å². The first-order valence-electron chi connectivity index (χ1n) is 6.06. The highest BCUT2D eigenvalue weighted by Gasteiger charge is 2.33. The van der Waals surface area contributed by atoms with Crippen molar-refractivity contribution in [1.82, 2.24) is 14.8 Å². The van der Waals surface area contributed by atoms with Gasteiger partial charge in [0.15, 0.2) is 0 Å². The number of nitrogens with zero attached hydrogens (tertiary/aromatic N) is 3. The second-order valence-corrected chi connectivity index (χ2v) is 5.47. The van der Waals surface area contributed by atoms with Gasteiger partial charge >= 0.3 is 0 Å². The van der Waals surface area contributed by atoms with Crippen LogP contribution in [0.3, 0.4) is 0 Å². The number of likely N-dealkylation sites (N-methyl/N-ethyl adjacent to an activating group) is 1. The van der Waals surface area contributed by atoms with E-state index in [1.807, 2.05) is 4.90 Å². The molecule has 0 saturated carbocycles. The van der Waals surface area contributed by atoms with E-state index in [2.05, 4.69) is 30.9 Å². The van der Waals surface area contributed by atoms with Crippen LogP contribution in [0.5, 0.6) is 0 Å². The van der Waals surface area contributed by atoms with E-state index in [-0.39, 0.29) is 5.91 Å². The lowest BCUT2D eigenvalue weighted by atomic mass is 10.1. The van der Waals surface area contributed by atoms with Crippen molar-refractivity contribution in [3.8, 4) is 0 Å². The molecule has 5 heteroatoms. The first-order chi connectivity index (χ1) is 8.49. The second kappa shape index (κ2) is 5.24. The highest BCUT2D eigenvalue weighted by Crippen LogP contribution is 2.22. The van der Waals surface area contributed by atoms with Gasteiger partial charge in [0.2, 0.25) is 0 Å². The zero-order valence-corrected chi connectivity index (χ0v) is 11.7. The van der Waals surface area contributed by atoms with Crippen LogP contribution in [0, 0.1) is 5.92 Å². The number of rotatable bonds is 2. The molecular formula is C13H18ClN3O. The molecule has 0 radical (unpaired) electrons. The molecule has 18 heavy (non-hydrogen) atoms. The summed E-state index contributed by atoms with van der Waals surface area (Å²) >= 11 is 5.81. The number of hydrogen-bond donors (Lipinski definition) is 0. The summed E-state index contributed by atoms with van der Waals surface area (Å²) in [6.07, 6.45) is 1.57. The number of likely N-dealkylation sites (tertiary alicyclic amines) is 1. The van der Waals surface area contributed by atoms with Gasteiger partial charge in [0.05, 0.1) is 0 Å². The summed E-state index contributed by atoms with van der Waals surface area (Å²) in [6, 6.07) is 3.76. The Morgan fingerprint density at radius 3 is 2.78 bits per heavy atom. The van der Waals surface area contributed by atoms with E-state index >= 15 is 0 Å². The van der Waals surface area contributed by atoms with Gasteiger partial charge in [-0.3, -0.25) is 4.79 Å². The van der Waals surface area contributed by atoms with E-state index in [0.717, 1.165) is 13.1 Å². The number of amides is 1. The van der Waals surface area contributed by atoms with Crippen molar-refractivity contribution in [3.63, 3.8) is 0 Å². The van der Waals surface area contributed by atoms with E-state index < -0.39 is 0 Å². The molecule has 98 valence electrons. The molecule has 0 aromatic carbocycles.